The highest BCUT2D eigenvalue weighted by Gasteiger charge is 2.19. The summed E-state index contributed by atoms with van der Waals surface area (Å²) in [5, 5.41) is 13.2. The fourth-order valence-electron chi connectivity index (χ4n) is 2.21. The number of hydrogen-bond donors (Lipinski definition) is 0. The van der Waals surface area contributed by atoms with E-state index in [1.807, 2.05) is 45.0 Å². The molecule has 0 bridgehead atoms. The van der Waals surface area contributed by atoms with Crippen molar-refractivity contribution in [1.29, 1.82) is 0 Å². The van der Waals surface area contributed by atoms with Gasteiger partial charge in [-0.1, -0.05) is 0 Å². The number of ether oxygens (including phenoxy) is 2. The van der Waals surface area contributed by atoms with Crippen LogP contribution in [0.25, 0.3) is 17.0 Å². The van der Waals surface area contributed by atoms with Crippen molar-refractivity contribution in [2.45, 2.75) is 33.2 Å². The Bertz CT molecular complexity index is 864. The van der Waals surface area contributed by atoms with Gasteiger partial charge in [-0.05, 0) is 37.3 Å². The van der Waals surface area contributed by atoms with E-state index in [4.69, 9.17) is 9.47 Å². The van der Waals surface area contributed by atoms with Crippen LogP contribution < -0.4 is 4.74 Å². The second-order valence-corrected chi connectivity index (χ2v) is 6.73. The van der Waals surface area contributed by atoms with Gasteiger partial charge in [0, 0.05) is 32.2 Å². The highest BCUT2D eigenvalue weighted by molar-refractivity contribution is 5.93. The van der Waals surface area contributed by atoms with Crippen molar-refractivity contribution < 1.29 is 19.0 Å². The largest absolute Gasteiger partial charge is 0.623 e. The Kier molecular flexibility index (Phi) is 5.97. The van der Waals surface area contributed by atoms with Crippen molar-refractivity contribution in [2.24, 2.45) is 0 Å². The van der Waals surface area contributed by atoms with E-state index in [9.17, 15) is 10.0 Å². The van der Waals surface area contributed by atoms with E-state index in [2.05, 4.69) is 4.98 Å². The maximum Gasteiger partial charge on any atom is 0.330 e. The van der Waals surface area contributed by atoms with Gasteiger partial charge in [0.05, 0.1) is 30.5 Å². The molecule has 138 valence electrons. The van der Waals surface area contributed by atoms with Gasteiger partial charge >= 0.3 is 5.97 Å². The monoisotopic (exact) mass is 356 g/mol. The fourth-order valence-corrected chi connectivity index (χ4v) is 2.21. The van der Waals surface area contributed by atoms with Crippen LogP contribution in [0.3, 0.4) is 0 Å². The van der Waals surface area contributed by atoms with Gasteiger partial charge in [-0.25, -0.2) is 14.5 Å². The van der Waals surface area contributed by atoms with Gasteiger partial charge in [-0.3, -0.25) is 0 Å². The molecule has 1 aromatic carbocycles. The second kappa shape index (κ2) is 7.99. The average Bonchev–Trinajstić information content (AvgIpc) is 2.58. The predicted octanol–water partition coefficient (Wildman–Crippen LogP) is 3.55. The summed E-state index contributed by atoms with van der Waals surface area (Å²) in [7, 11) is 1.59. The molecule has 2 aromatic rings. The number of nitrogens with zero attached hydrogens (tertiary/aromatic N) is 2. The first-order chi connectivity index (χ1) is 12.2. The van der Waals surface area contributed by atoms with E-state index < -0.39 is 11.5 Å². The summed E-state index contributed by atoms with van der Waals surface area (Å²) in [6.07, 6.45) is 4.35. The quantitative estimate of drug-likeness (QED) is 0.205. The van der Waals surface area contributed by atoms with Gasteiger partial charge in [0.1, 0.15) is 5.75 Å². The highest BCUT2D eigenvalue weighted by atomic mass is 16.5. The number of methoxy groups -OCH3 is 1. The summed E-state index contributed by atoms with van der Waals surface area (Å²) in [5.41, 5.74) is 1.27. The molecule has 0 N–H and O–H groups in total. The average molecular weight is 356 g/mol. The molecule has 0 radical (unpaired) electrons. The van der Waals surface area contributed by atoms with E-state index in [0.29, 0.717) is 23.6 Å². The lowest BCUT2D eigenvalue weighted by Gasteiger charge is -2.19. The number of pyridine rings is 1. The van der Waals surface area contributed by atoms with Crippen molar-refractivity contribution in [3.05, 3.63) is 46.8 Å². The van der Waals surface area contributed by atoms with Crippen LogP contribution in [0, 0.1) is 5.21 Å². The highest BCUT2D eigenvalue weighted by Crippen LogP contribution is 2.22. The van der Waals surface area contributed by atoms with Crippen molar-refractivity contribution in [1.82, 2.24) is 4.98 Å². The standard InChI is InChI=1S/C20H24N2O4/c1-6-26-19(23)10-9-18-15(13-22(24)20(2,3)4)11-14-12-16(25-5)7-8-17(14)21-18/h7-13H,6H2,1-5H3/b10-9+,22-13-. The maximum atomic E-state index is 12.4. The Balaban J connectivity index is 2.59. The molecule has 6 nitrogen and oxygen atoms in total. The van der Waals surface area contributed by atoms with Crippen LogP contribution in [0.2, 0.25) is 0 Å². The minimum atomic E-state index is -0.592. The molecule has 0 spiro atoms. The smallest absolute Gasteiger partial charge is 0.330 e. The summed E-state index contributed by atoms with van der Waals surface area (Å²) < 4.78 is 11.0. The maximum absolute atomic E-state index is 12.4. The van der Waals surface area contributed by atoms with Gasteiger partial charge in [0.2, 0.25) is 0 Å². The molecule has 0 aliphatic carbocycles. The molecule has 0 amide bonds. The molecule has 6 heteroatoms. The lowest BCUT2D eigenvalue weighted by atomic mass is 10.1. The summed E-state index contributed by atoms with van der Waals surface area (Å²) in [4.78, 5) is 16.2. The molecule has 0 aliphatic heterocycles. The molecular weight excluding hydrogens is 332 g/mol. The molecule has 2 rings (SSSR count). The fraction of sp³-hybridized carbons (Fsp3) is 0.350. The predicted molar refractivity (Wildman–Crippen MR) is 103 cm³/mol. The first-order valence-corrected chi connectivity index (χ1v) is 8.39. The number of rotatable bonds is 5. The van der Waals surface area contributed by atoms with Crippen LogP contribution >= 0.6 is 0 Å². The number of benzene rings is 1. The van der Waals surface area contributed by atoms with E-state index in [1.165, 1.54) is 12.3 Å². The molecular formula is C20H24N2O4. The number of carbonyl (C=O) groups is 1. The van der Waals surface area contributed by atoms with Gasteiger partial charge in [0.15, 0.2) is 11.8 Å². The van der Waals surface area contributed by atoms with Crippen molar-refractivity contribution in [2.75, 3.05) is 13.7 Å². The Hall–Kier alpha value is -2.89. The van der Waals surface area contributed by atoms with Gasteiger partial charge < -0.3 is 14.7 Å². The third-order valence-corrected chi connectivity index (χ3v) is 3.66. The molecule has 0 fully saturated rings. The minimum absolute atomic E-state index is 0.297. The Morgan fingerprint density at radius 3 is 2.65 bits per heavy atom. The SMILES string of the molecule is CCOC(=O)/C=C/c1nc2ccc(OC)cc2cc1/C=[N+](\[O-])C(C)(C)C. The zero-order valence-electron chi connectivity index (χ0n) is 15.8. The Morgan fingerprint density at radius 2 is 2.04 bits per heavy atom. The molecule has 1 aromatic heterocycles. The molecule has 0 saturated heterocycles. The first-order valence-electron chi connectivity index (χ1n) is 8.39. The zero-order chi connectivity index (χ0) is 19.3. The summed E-state index contributed by atoms with van der Waals surface area (Å²) >= 11 is 0. The van der Waals surface area contributed by atoms with E-state index in [-0.39, 0.29) is 0 Å². The number of esters is 1. The summed E-state index contributed by atoms with van der Waals surface area (Å²) in [6.45, 7) is 7.50. The van der Waals surface area contributed by atoms with Gasteiger partial charge in [0.25, 0.3) is 0 Å². The zero-order valence-corrected chi connectivity index (χ0v) is 15.8. The molecule has 0 unspecified atom stereocenters. The van der Waals surface area contributed by atoms with Crippen LogP contribution in [0.1, 0.15) is 39.0 Å². The van der Waals surface area contributed by atoms with Crippen LogP contribution in [-0.2, 0) is 9.53 Å². The van der Waals surface area contributed by atoms with E-state index in [1.54, 1.807) is 20.1 Å². The normalized spacial score (nSPS) is 12.6. The van der Waals surface area contributed by atoms with Gasteiger partial charge in [-0.2, -0.15) is 0 Å². The summed E-state index contributed by atoms with van der Waals surface area (Å²) in [6, 6.07) is 7.35. The lowest BCUT2D eigenvalue weighted by molar-refractivity contribution is -0.530. The Morgan fingerprint density at radius 1 is 1.31 bits per heavy atom. The molecule has 26 heavy (non-hydrogen) atoms. The molecule has 1 heterocycles. The third kappa shape index (κ3) is 4.81. The number of fused-ring (bicyclic) bond motifs is 1. The second-order valence-electron chi connectivity index (χ2n) is 6.73. The number of hydrogen-bond acceptors (Lipinski definition) is 5. The first kappa shape index (κ1) is 19.4. The minimum Gasteiger partial charge on any atom is -0.623 e. The lowest BCUT2D eigenvalue weighted by Crippen LogP contribution is -2.29. The topological polar surface area (TPSA) is 74.5 Å². The van der Waals surface area contributed by atoms with Crippen molar-refractivity contribution in [3.8, 4) is 5.75 Å². The van der Waals surface area contributed by atoms with Crippen LogP contribution in [0.4, 0.5) is 0 Å². The number of carbonyl (C=O) groups excluding carboxylic acids is 1. The van der Waals surface area contributed by atoms with Crippen LogP contribution in [0.15, 0.2) is 30.3 Å². The molecule has 0 aliphatic rings. The van der Waals surface area contributed by atoms with Crippen molar-refractivity contribution >= 4 is 29.2 Å². The van der Waals surface area contributed by atoms with Crippen LogP contribution in [0.5, 0.6) is 5.75 Å². The van der Waals surface area contributed by atoms with E-state index >= 15 is 0 Å². The molecule has 0 saturated carbocycles. The summed E-state index contributed by atoms with van der Waals surface area (Å²) in [5.74, 6) is 0.250. The number of hydroxylamine groups is 1. The third-order valence-electron chi connectivity index (χ3n) is 3.66. The van der Waals surface area contributed by atoms with Crippen molar-refractivity contribution in [3.63, 3.8) is 0 Å². The van der Waals surface area contributed by atoms with Gasteiger partial charge in [-0.15, -0.1) is 0 Å². The molecule has 0 atom stereocenters. The Labute approximate surface area is 153 Å². The van der Waals surface area contributed by atoms with Crippen LogP contribution in [-0.4, -0.2) is 41.2 Å². The number of aromatic nitrogens is 1. The van der Waals surface area contributed by atoms with E-state index in [0.717, 1.165) is 15.6 Å².